The van der Waals surface area contributed by atoms with Crippen LogP contribution in [0, 0.1) is 5.41 Å². The van der Waals surface area contributed by atoms with Gasteiger partial charge in [-0.3, -0.25) is 9.79 Å². The lowest BCUT2D eigenvalue weighted by atomic mass is 9.82. The van der Waals surface area contributed by atoms with E-state index in [2.05, 4.69) is 29.1 Å². The summed E-state index contributed by atoms with van der Waals surface area (Å²) in [5.74, 6) is 0.913. The molecule has 0 atom stereocenters. The summed E-state index contributed by atoms with van der Waals surface area (Å²) in [6, 6.07) is 0. The molecule has 5 heteroatoms. The summed E-state index contributed by atoms with van der Waals surface area (Å²) in [6.07, 6.45) is 3.61. The maximum atomic E-state index is 11.6. The number of amides is 1. The molecule has 1 heterocycles. The van der Waals surface area contributed by atoms with Crippen molar-refractivity contribution < 1.29 is 4.79 Å². The fourth-order valence-corrected chi connectivity index (χ4v) is 2.59. The third kappa shape index (κ3) is 3.85. The van der Waals surface area contributed by atoms with E-state index in [1.54, 1.807) is 26.0 Å². The molecule has 1 saturated heterocycles. The zero-order valence-corrected chi connectivity index (χ0v) is 13.0. The van der Waals surface area contributed by atoms with Gasteiger partial charge in [-0.2, -0.15) is 0 Å². The van der Waals surface area contributed by atoms with E-state index >= 15 is 0 Å². The molecular weight excluding hydrogens is 240 g/mol. The first-order chi connectivity index (χ1) is 8.98. The molecule has 0 unspecified atom stereocenters. The standard InChI is InChI=1S/C14H28N4O/c1-6-14(7-2)8-9-18(11-14)13(15-3)16-10-12(19)17(4)5/h6-11H2,1-5H3,(H,15,16). The zero-order valence-electron chi connectivity index (χ0n) is 13.0. The smallest absolute Gasteiger partial charge is 0.241 e. The highest BCUT2D eigenvalue weighted by Crippen LogP contribution is 2.36. The van der Waals surface area contributed by atoms with E-state index in [-0.39, 0.29) is 5.91 Å². The highest BCUT2D eigenvalue weighted by atomic mass is 16.2. The van der Waals surface area contributed by atoms with Crippen molar-refractivity contribution in [3.63, 3.8) is 0 Å². The predicted molar refractivity (Wildman–Crippen MR) is 79.3 cm³/mol. The van der Waals surface area contributed by atoms with Crippen molar-refractivity contribution >= 4 is 11.9 Å². The van der Waals surface area contributed by atoms with Gasteiger partial charge in [0, 0.05) is 34.2 Å². The van der Waals surface area contributed by atoms with E-state index in [0.717, 1.165) is 19.0 Å². The number of carbonyl (C=O) groups excluding carboxylic acids is 1. The Labute approximate surface area is 117 Å². The van der Waals surface area contributed by atoms with Gasteiger partial charge in [0.15, 0.2) is 5.96 Å². The number of rotatable bonds is 4. The fourth-order valence-electron chi connectivity index (χ4n) is 2.59. The molecule has 0 bridgehead atoms. The van der Waals surface area contributed by atoms with Gasteiger partial charge >= 0.3 is 0 Å². The minimum Gasteiger partial charge on any atom is -0.347 e. The van der Waals surface area contributed by atoms with E-state index in [0.29, 0.717) is 12.0 Å². The van der Waals surface area contributed by atoms with E-state index in [9.17, 15) is 4.79 Å². The zero-order chi connectivity index (χ0) is 14.5. The lowest BCUT2D eigenvalue weighted by Gasteiger charge is -2.28. The van der Waals surface area contributed by atoms with Crippen LogP contribution in [0.4, 0.5) is 0 Å². The average Bonchev–Trinajstić information content (AvgIpc) is 2.84. The van der Waals surface area contributed by atoms with Gasteiger partial charge in [0.05, 0.1) is 6.54 Å². The van der Waals surface area contributed by atoms with Crippen molar-refractivity contribution in [1.82, 2.24) is 15.1 Å². The number of likely N-dealkylation sites (tertiary alicyclic amines) is 1. The molecule has 5 nitrogen and oxygen atoms in total. The maximum Gasteiger partial charge on any atom is 0.241 e. The Kier molecular flexibility index (Phi) is 5.63. The number of guanidine groups is 1. The number of likely N-dealkylation sites (N-methyl/N-ethyl adjacent to an activating group) is 1. The summed E-state index contributed by atoms with van der Waals surface area (Å²) in [7, 11) is 5.31. The molecule has 19 heavy (non-hydrogen) atoms. The average molecular weight is 268 g/mol. The molecular formula is C14H28N4O. The second-order valence-corrected chi connectivity index (χ2v) is 5.57. The summed E-state index contributed by atoms with van der Waals surface area (Å²) in [5.41, 5.74) is 0.420. The molecule has 0 saturated carbocycles. The predicted octanol–water partition coefficient (Wildman–Crippen LogP) is 1.16. The third-order valence-electron chi connectivity index (χ3n) is 4.35. The van der Waals surface area contributed by atoms with E-state index in [1.807, 2.05) is 0 Å². The van der Waals surface area contributed by atoms with Crippen LogP contribution in [-0.4, -0.2) is 62.4 Å². The highest BCUT2D eigenvalue weighted by molar-refractivity contribution is 5.86. The first kappa shape index (κ1) is 15.8. The number of aliphatic imine (C=N–C) groups is 1. The van der Waals surface area contributed by atoms with Crippen LogP contribution in [-0.2, 0) is 4.79 Å². The van der Waals surface area contributed by atoms with E-state index in [1.165, 1.54) is 19.3 Å². The van der Waals surface area contributed by atoms with Crippen LogP contribution in [0.1, 0.15) is 33.1 Å². The molecule has 0 spiro atoms. The van der Waals surface area contributed by atoms with Crippen molar-refractivity contribution in [2.24, 2.45) is 10.4 Å². The van der Waals surface area contributed by atoms with Crippen molar-refractivity contribution in [1.29, 1.82) is 0 Å². The van der Waals surface area contributed by atoms with Crippen LogP contribution in [0.3, 0.4) is 0 Å². The molecule has 1 amide bonds. The van der Waals surface area contributed by atoms with Gasteiger partial charge in [0.1, 0.15) is 0 Å². The van der Waals surface area contributed by atoms with Crippen LogP contribution in [0.5, 0.6) is 0 Å². The number of hydrogen-bond acceptors (Lipinski definition) is 2. The third-order valence-corrected chi connectivity index (χ3v) is 4.35. The van der Waals surface area contributed by atoms with Crippen LogP contribution >= 0.6 is 0 Å². The maximum absolute atomic E-state index is 11.6. The molecule has 0 radical (unpaired) electrons. The summed E-state index contributed by atoms with van der Waals surface area (Å²) in [5, 5.41) is 3.16. The summed E-state index contributed by atoms with van der Waals surface area (Å²) in [6.45, 7) is 6.90. The van der Waals surface area contributed by atoms with Crippen LogP contribution < -0.4 is 5.32 Å². The minimum absolute atomic E-state index is 0.0672. The van der Waals surface area contributed by atoms with Crippen molar-refractivity contribution in [2.75, 3.05) is 40.8 Å². The number of nitrogens with zero attached hydrogens (tertiary/aromatic N) is 3. The Morgan fingerprint density at radius 1 is 1.37 bits per heavy atom. The Hall–Kier alpha value is -1.26. The monoisotopic (exact) mass is 268 g/mol. The van der Waals surface area contributed by atoms with Crippen LogP contribution in [0.25, 0.3) is 0 Å². The lowest BCUT2D eigenvalue weighted by molar-refractivity contribution is -0.127. The number of hydrogen-bond donors (Lipinski definition) is 1. The molecule has 110 valence electrons. The van der Waals surface area contributed by atoms with Crippen LogP contribution in [0.2, 0.25) is 0 Å². The summed E-state index contributed by atoms with van der Waals surface area (Å²) in [4.78, 5) is 19.8. The molecule has 1 N–H and O–H groups in total. The second kappa shape index (κ2) is 6.78. The molecule has 0 aromatic carbocycles. The van der Waals surface area contributed by atoms with Crippen LogP contribution in [0.15, 0.2) is 4.99 Å². The SMILES string of the molecule is CCC1(CC)CCN(C(=NC)NCC(=O)N(C)C)C1. The first-order valence-electron chi connectivity index (χ1n) is 7.13. The Morgan fingerprint density at radius 2 is 2.00 bits per heavy atom. The Balaban J connectivity index is 2.56. The number of nitrogens with one attached hydrogen (secondary N) is 1. The molecule has 1 aliphatic rings. The minimum atomic E-state index is 0.0672. The summed E-state index contributed by atoms with van der Waals surface area (Å²) >= 11 is 0. The van der Waals surface area contributed by atoms with Crippen molar-refractivity contribution in [2.45, 2.75) is 33.1 Å². The molecule has 1 rings (SSSR count). The molecule has 1 fully saturated rings. The van der Waals surface area contributed by atoms with Gasteiger partial charge in [0.2, 0.25) is 5.91 Å². The van der Waals surface area contributed by atoms with Crippen molar-refractivity contribution in [3.05, 3.63) is 0 Å². The van der Waals surface area contributed by atoms with Gasteiger partial charge in [-0.25, -0.2) is 0 Å². The Bertz CT molecular complexity index is 334. The van der Waals surface area contributed by atoms with E-state index < -0.39 is 0 Å². The quantitative estimate of drug-likeness (QED) is 0.615. The second-order valence-electron chi connectivity index (χ2n) is 5.57. The molecule has 1 aliphatic heterocycles. The lowest BCUT2D eigenvalue weighted by Crippen LogP contribution is -2.45. The largest absolute Gasteiger partial charge is 0.347 e. The molecule has 0 aromatic heterocycles. The van der Waals surface area contributed by atoms with Gasteiger partial charge in [0.25, 0.3) is 0 Å². The molecule has 0 aromatic rings. The van der Waals surface area contributed by atoms with Gasteiger partial charge in [-0.15, -0.1) is 0 Å². The summed E-state index contributed by atoms with van der Waals surface area (Å²) < 4.78 is 0. The normalized spacial score (nSPS) is 18.6. The van der Waals surface area contributed by atoms with Crippen molar-refractivity contribution in [3.8, 4) is 0 Å². The molecule has 0 aliphatic carbocycles. The Morgan fingerprint density at radius 3 is 2.42 bits per heavy atom. The number of carbonyl (C=O) groups is 1. The fraction of sp³-hybridized carbons (Fsp3) is 0.857. The topological polar surface area (TPSA) is 47.9 Å². The first-order valence-corrected chi connectivity index (χ1v) is 7.13. The van der Waals surface area contributed by atoms with Gasteiger partial charge < -0.3 is 15.1 Å². The highest BCUT2D eigenvalue weighted by Gasteiger charge is 2.36. The van der Waals surface area contributed by atoms with Gasteiger partial charge in [-0.1, -0.05) is 13.8 Å². The van der Waals surface area contributed by atoms with Gasteiger partial charge in [-0.05, 0) is 24.7 Å². The van der Waals surface area contributed by atoms with E-state index in [4.69, 9.17) is 0 Å².